The van der Waals surface area contributed by atoms with E-state index >= 15 is 0 Å². The highest BCUT2D eigenvalue weighted by atomic mass is 14.7. The van der Waals surface area contributed by atoms with E-state index in [1.54, 1.807) is 120 Å². The van der Waals surface area contributed by atoms with E-state index in [0.29, 0.717) is 11.8 Å². The monoisotopic (exact) mass is 682 g/mol. The molecule has 21 rings (SSSR count). The predicted molar refractivity (Wildman–Crippen MR) is 231 cm³/mol. The first kappa shape index (κ1) is 24.0. The van der Waals surface area contributed by atoms with E-state index in [1.165, 1.54) is 64.6 Å². The van der Waals surface area contributed by atoms with Crippen LogP contribution in [0.2, 0.25) is 0 Å². The average molecular weight is 683 g/mol. The van der Waals surface area contributed by atoms with E-state index in [9.17, 15) is 0 Å². The predicted octanol–water partition coefficient (Wildman–Crippen LogP) is 13.4. The van der Waals surface area contributed by atoms with Crippen LogP contribution in [0.1, 0.15) is 50.8 Å². The van der Waals surface area contributed by atoms with Gasteiger partial charge in [0.25, 0.3) is 0 Å². The Morgan fingerprint density at radius 3 is 1.49 bits per heavy atom. The molecular weight excluding hydrogens is 661 g/mol. The lowest BCUT2D eigenvalue weighted by Gasteiger charge is -2.58. The SMILES string of the molecule is Cc1ccc2c(c1)C1c3ccccc3C2C23c4ccc5c6ccc7c8ccc9c%10ccc%11c(c%12c2c2c4c5c4c6c7c5c8c9c6c%10c%11c%12c7c2c4c5c67)=CC13. The van der Waals surface area contributed by atoms with E-state index < -0.39 is 0 Å². The number of hydrogen-bond donors (Lipinski definition) is 0. The van der Waals surface area contributed by atoms with Gasteiger partial charge in [0.1, 0.15) is 0 Å². The van der Waals surface area contributed by atoms with Gasteiger partial charge in [-0.2, -0.15) is 0 Å². The van der Waals surface area contributed by atoms with Crippen molar-refractivity contribution < 1.29 is 0 Å². The Kier molecular flexibility index (Phi) is 2.80. The molecule has 4 atom stereocenters. The van der Waals surface area contributed by atoms with Gasteiger partial charge in [0.15, 0.2) is 0 Å². The molecule has 1 spiro atoms. The van der Waals surface area contributed by atoms with E-state index in [4.69, 9.17) is 0 Å². The molecule has 0 amide bonds. The second-order valence-corrected chi connectivity index (χ2v) is 18.8. The Morgan fingerprint density at radius 1 is 0.382 bits per heavy atom. The molecule has 0 aliphatic heterocycles. The third kappa shape index (κ3) is 1.74. The highest BCUT2D eigenvalue weighted by Crippen LogP contribution is 2.76. The van der Waals surface area contributed by atoms with Crippen LogP contribution >= 0.6 is 0 Å². The lowest BCUT2D eigenvalue weighted by Crippen LogP contribution is -2.53. The van der Waals surface area contributed by atoms with Gasteiger partial charge in [-0.3, -0.25) is 0 Å². The van der Waals surface area contributed by atoms with Crippen molar-refractivity contribution in [1.82, 2.24) is 0 Å². The van der Waals surface area contributed by atoms with Gasteiger partial charge in [-0.25, -0.2) is 0 Å². The second kappa shape index (κ2) is 6.42. The molecule has 55 heavy (non-hydrogen) atoms. The molecule has 0 radical (unpaired) electrons. The Hall–Kier alpha value is -6.50. The van der Waals surface area contributed by atoms with Crippen LogP contribution in [0.15, 0.2) is 91.0 Å². The van der Waals surface area contributed by atoms with E-state index in [1.807, 2.05) is 0 Å². The summed E-state index contributed by atoms with van der Waals surface area (Å²) < 4.78 is 0. The summed E-state index contributed by atoms with van der Waals surface area (Å²) in [4.78, 5) is 0. The van der Waals surface area contributed by atoms with Gasteiger partial charge in [-0.05, 0) is 186 Å². The van der Waals surface area contributed by atoms with Gasteiger partial charge in [0, 0.05) is 23.2 Å². The molecule has 0 N–H and O–H groups in total. The third-order valence-electron chi connectivity index (χ3n) is 17.6. The zero-order valence-corrected chi connectivity index (χ0v) is 29.5. The van der Waals surface area contributed by atoms with E-state index in [2.05, 4.69) is 104 Å². The van der Waals surface area contributed by atoms with Crippen molar-refractivity contribution in [3.8, 4) is 0 Å². The zero-order chi connectivity index (χ0) is 34.2. The third-order valence-corrected chi connectivity index (χ3v) is 17.6. The van der Waals surface area contributed by atoms with Gasteiger partial charge in [-0.1, -0.05) is 103 Å². The lowest BCUT2D eigenvalue weighted by atomic mass is 9.43. The molecule has 0 fully saturated rings. The molecule has 16 aromatic rings. The summed E-state index contributed by atoms with van der Waals surface area (Å²) in [6.45, 7) is 2.30. The van der Waals surface area contributed by atoms with Crippen molar-refractivity contribution in [2.24, 2.45) is 5.92 Å². The normalized spacial score (nSPS) is 23.0. The summed E-state index contributed by atoms with van der Waals surface area (Å²) in [6.07, 6.45) is 2.86. The van der Waals surface area contributed by atoms with Crippen LogP contribution in [0.5, 0.6) is 0 Å². The number of fused-ring (bicyclic) bond motifs is 4. The largest absolute Gasteiger partial charge is 0.0707 e. The van der Waals surface area contributed by atoms with Crippen molar-refractivity contribution in [2.45, 2.75) is 24.2 Å². The van der Waals surface area contributed by atoms with Crippen LogP contribution in [0.25, 0.3) is 146 Å². The highest BCUT2D eigenvalue weighted by molar-refractivity contribution is 6.67. The number of benzene rings is 11. The standard InChI is InChI=1S/C55H22/c1-18-6-7-28-29(16-18)33-19-4-2-3-5-27(19)53(28)55-31-15-14-25-24-11-10-21-20-8-9-22-23-12-13-26-30(17-32(33)55)41-46-39(26)38(23)44-35(22)34(20)43-36(21)37(24)45-40(25)42(31)52(54(41)55)51-49(45)47(43)48(44)50(46)51/h2-17,32-33,53H,1H3. The minimum Gasteiger partial charge on any atom is -0.0707 e. The van der Waals surface area contributed by atoms with Crippen molar-refractivity contribution in [1.29, 1.82) is 0 Å². The fraction of sp³-hybridized carbons (Fsp3) is 0.0909. The molecule has 5 aliphatic carbocycles. The fourth-order valence-electron chi connectivity index (χ4n) is 16.5. The molecule has 2 bridgehead atoms. The van der Waals surface area contributed by atoms with Crippen LogP contribution in [0, 0.1) is 12.8 Å². The molecular formula is C55H22. The summed E-state index contributed by atoms with van der Waals surface area (Å²) in [5, 5.41) is 41.7. The zero-order valence-electron chi connectivity index (χ0n) is 29.5. The molecule has 0 saturated heterocycles. The highest BCUT2D eigenvalue weighted by Gasteiger charge is 2.64. The maximum atomic E-state index is 2.86. The fourth-order valence-corrected chi connectivity index (χ4v) is 16.5. The molecule has 0 saturated carbocycles. The van der Waals surface area contributed by atoms with Crippen LogP contribution in [0.3, 0.4) is 0 Å². The minimum absolute atomic E-state index is 0.175. The maximum absolute atomic E-state index is 2.86. The Balaban J connectivity index is 1.22. The molecule has 0 heterocycles. The average Bonchev–Trinajstić information content (AvgIpc) is 4.04. The van der Waals surface area contributed by atoms with Crippen molar-refractivity contribution in [2.75, 3.05) is 0 Å². The maximum Gasteiger partial charge on any atom is 0.0403 e. The van der Waals surface area contributed by atoms with Gasteiger partial charge < -0.3 is 0 Å². The van der Waals surface area contributed by atoms with Crippen LogP contribution in [-0.2, 0) is 5.41 Å². The first-order chi connectivity index (χ1) is 27.3. The van der Waals surface area contributed by atoms with Crippen molar-refractivity contribution in [3.05, 3.63) is 135 Å². The topological polar surface area (TPSA) is 0 Å². The molecule has 16 aromatic carbocycles. The quantitative estimate of drug-likeness (QED) is 0.140. The summed E-state index contributed by atoms with van der Waals surface area (Å²) in [6, 6.07) is 37.4. The first-order valence-electron chi connectivity index (χ1n) is 20.4. The number of aryl methyl sites for hydroxylation is 1. The van der Waals surface area contributed by atoms with Gasteiger partial charge >= 0.3 is 0 Å². The van der Waals surface area contributed by atoms with Gasteiger partial charge in [-0.15, -0.1) is 0 Å². The Bertz CT molecular complexity index is 4590. The second-order valence-electron chi connectivity index (χ2n) is 18.8. The molecule has 0 nitrogen and oxygen atoms in total. The molecule has 5 aliphatic rings. The lowest BCUT2D eigenvalue weighted by molar-refractivity contribution is 0.286. The molecule has 0 heteroatoms. The van der Waals surface area contributed by atoms with Crippen LogP contribution < -0.4 is 5.22 Å². The van der Waals surface area contributed by atoms with E-state index in [0.717, 1.165) is 0 Å². The summed E-state index contributed by atoms with van der Waals surface area (Å²) in [7, 11) is 0. The molecule has 0 aromatic heterocycles. The first-order valence-corrected chi connectivity index (χ1v) is 20.4. The van der Waals surface area contributed by atoms with Crippen molar-refractivity contribution in [3.63, 3.8) is 0 Å². The summed E-state index contributed by atoms with van der Waals surface area (Å²) in [5.74, 6) is 0.886. The Morgan fingerprint density at radius 2 is 0.855 bits per heavy atom. The molecule has 242 valence electrons. The number of rotatable bonds is 0. The number of hydrogen-bond acceptors (Lipinski definition) is 0. The smallest absolute Gasteiger partial charge is 0.0403 e. The molecule has 4 unspecified atom stereocenters. The Labute approximate surface area is 310 Å². The van der Waals surface area contributed by atoms with E-state index in [-0.39, 0.29) is 11.3 Å². The van der Waals surface area contributed by atoms with Gasteiger partial charge in [0.05, 0.1) is 0 Å². The minimum atomic E-state index is -0.175. The van der Waals surface area contributed by atoms with Crippen LogP contribution in [0.4, 0.5) is 0 Å². The summed E-state index contributed by atoms with van der Waals surface area (Å²) in [5.41, 5.74) is 10.8. The van der Waals surface area contributed by atoms with Crippen LogP contribution in [-0.4, -0.2) is 0 Å². The van der Waals surface area contributed by atoms with Gasteiger partial charge in [0.2, 0.25) is 0 Å². The summed E-state index contributed by atoms with van der Waals surface area (Å²) >= 11 is 0. The van der Waals surface area contributed by atoms with Crippen molar-refractivity contribution >= 4 is 146 Å².